The van der Waals surface area contributed by atoms with Crippen LogP contribution in [-0.2, 0) is 5.54 Å². The van der Waals surface area contributed by atoms with Gasteiger partial charge in [0.1, 0.15) is 11.2 Å². The first-order chi connectivity index (χ1) is 14.1. The molecular weight excluding hydrogens is 364 g/mol. The maximum absolute atomic E-state index is 11.7. The molecule has 0 aliphatic carbocycles. The van der Waals surface area contributed by atoms with Gasteiger partial charge in [0.15, 0.2) is 0 Å². The van der Waals surface area contributed by atoms with Crippen molar-refractivity contribution in [1.29, 1.82) is 0 Å². The molecule has 29 heavy (non-hydrogen) atoms. The zero-order chi connectivity index (χ0) is 20.4. The van der Waals surface area contributed by atoms with Gasteiger partial charge in [0.25, 0.3) is 0 Å². The summed E-state index contributed by atoms with van der Waals surface area (Å²) in [7, 11) is 0. The van der Waals surface area contributed by atoms with Crippen molar-refractivity contribution in [3.63, 3.8) is 0 Å². The third-order valence-electron chi connectivity index (χ3n) is 5.19. The monoisotopic (exact) mass is 384 g/mol. The summed E-state index contributed by atoms with van der Waals surface area (Å²) in [5, 5.41) is 16.2. The number of hydrogen-bond acceptors (Lipinski definition) is 4. The lowest BCUT2D eigenvalue weighted by atomic mass is 9.77. The van der Waals surface area contributed by atoms with Crippen molar-refractivity contribution in [3.8, 4) is 0 Å². The van der Waals surface area contributed by atoms with E-state index < -0.39 is 10.5 Å². The molecule has 0 aliphatic heterocycles. The number of nitro groups is 1. The maximum atomic E-state index is 11.7. The number of benzene rings is 3. The lowest BCUT2D eigenvalue weighted by molar-refractivity contribution is -0.384. The minimum Gasteiger partial charge on any atom is -0.376 e. The molecule has 0 amide bonds. The number of nitrogens with zero attached hydrogens (tertiary/aromatic N) is 3. The average Bonchev–Trinajstić information content (AvgIpc) is 3.05. The van der Waals surface area contributed by atoms with Gasteiger partial charge in [-0.05, 0) is 23.6 Å². The van der Waals surface area contributed by atoms with E-state index in [1.165, 1.54) is 0 Å². The van der Waals surface area contributed by atoms with Gasteiger partial charge in [-0.3, -0.25) is 10.1 Å². The van der Waals surface area contributed by atoms with Gasteiger partial charge in [0.05, 0.1) is 4.92 Å². The second-order valence-electron chi connectivity index (χ2n) is 6.80. The van der Waals surface area contributed by atoms with Gasteiger partial charge in [0, 0.05) is 0 Å². The second kappa shape index (κ2) is 7.24. The van der Waals surface area contributed by atoms with Gasteiger partial charge in [-0.1, -0.05) is 91.0 Å². The molecule has 6 heteroatoms. The van der Waals surface area contributed by atoms with Crippen molar-refractivity contribution >= 4 is 11.5 Å². The fourth-order valence-corrected chi connectivity index (χ4v) is 3.97. The number of nitrogens with two attached hydrogens (primary N) is 1. The number of aromatic nitrogens is 2. The maximum Gasteiger partial charge on any atom is 0.333 e. The molecule has 0 fully saturated rings. The van der Waals surface area contributed by atoms with Gasteiger partial charge >= 0.3 is 5.69 Å². The molecule has 3 aromatic carbocycles. The Morgan fingerprint density at radius 3 is 1.52 bits per heavy atom. The van der Waals surface area contributed by atoms with Crippen molar-refractivity contribution in [2.45, 2.75) is 12.5 Å². The third-order valence-corrected chi connectivity index (χ3v) is 5.19. The van der Waals surface area contributed by atoms with Gasteiger partial charge in [-0.25, -0.2) is 4.68 Å². The minimum atomic E-state index is -0.920. The first kappa shape index (κ1) is 18.4. The van der Waals surface area contributed by atoms with Crippen LogP contribution in [0.25, 0.3) is 0 Å². The average molecular weight is 384 g/mol. The molecule has 6 nitrogen and oxygen atoms in total. The number of anilines is 1. The first-order valence-electron chi connectivity index (χ1n) is 9.23. The van der Waals surface area contributed by atoms with E-state index in [0.717, 1.165) is 16.7 Å². The summed E-state index contributed by atoms with van der Waals surface area (Å²) in [5.74, 6) is -0.0975. The molecule has 0 saturated heterocycles. The van der Waals surface area contributed by atoms with E-state index in [0.29, 0.717) is 5.69 Å². The van der Waals surface area contributed by atoms with Crippen molar-refractivity contribution in [2.75, 3.05) is 5.73 Å². The van der Waals surface area contributed by atoms with Crippen molar-refractivity contribution < 1.29 is 4.92 Å². The van der Waals surface area contributed by atoms with Crippen LogP contribution in [0, 0.1) is 17.0 Å². The van der Waals surface area contributed by atoms with Crippen molar-refractivity contribution in [2.24, 2.45) is 0 Å². The Kier molecular flexibility index (Phi) is 4.60. The summed E-state index contributed by atoms with van der Waals surface area (Å²) in [6.45, 7) is 1.69. The quantitative estimate of drug-likeness (QED) is 0.311. The number of rotatable bonds is 5. The smallest absolute Gasteiger partial charge is 0.333 e. The van der Waals surface area contributed by atoms with Crippen LogP contribution in [0.15, 0.2) is 91.0 Å². The van der Waals surface area contributed by atoms with Crippen LogP contribution >= 0.6 is 0 Å². The molecule has 0 atom stereocenters. The topological polar surface area (TPSA) is 87.0 Å². The number of hydrogen-bond donors (Lipinski definition) is 1. The third kappa shape index (κ3) is 2.86. The summed E-state index contributed by atoms with van der Waals surface area (Å²) in [4.78, 5) is 11.2. The highest BCUT2D eigenvalue weighted by Crippen LogP contribution is 2.43. The van der Waals surface area contributed by atoms with Gasteiger partial charge in [-0.15, -0.1) is 5.10 Å². The van der Waals surface area contributed by atoms with Crippen LogP contribution < -0.4 is 5.73 Å². The molecule has 1 heterocycles. The highest BCUT2D eigenvalue weighted by atomic mass is 16.6. The SMILES string of the molecule is Cc1c([N+](=O)[O-])c(N)nn1C(c1ccccc1)(c1ccccc1)c1ccccc1. The second-order valence-corrected chi connectivity index (χ2v) is 6.80. The standard InChI is InChI=1S/C23H20N4O2/c1-17-21(27(28)29)22(24)25-26(17)23(18-11-5-2-6-12-18,19-13-7-3-8-14-19)20-15-9-4-10-16-20/h2-16H,1H3,(H2,24,25). The van der Waals surface area contributed by atoms with E-state index in [1.807, 2.05) is 91.0 Å². The van der Waals surface area contributed by atoms with Crippen LogP contribution in [0.4, 0.5) is 11.5 Å². The van der Waals surface area contributed by atoms with Gasteiger partial charge in [-0.2, -0.15) is 0 Å². The highest BCUT2D eigenvalue weighted by Gasteiger charge is 2.42. The lowest BCUT2D eigenvalue weighted by Gasteiger charge is -2.37. The summed E-state index contributed by atoms with van der Waals surface area (Å²) >= 11 is 0. The van der Waals surface area contributed by atoms with Crippen LogP contribution in [0.5, 0.6) is 0 Å². The predicted molar refractivity (Wildman–Crippen MR) is 113 cm³/mol. The summed E-state index contributed by atoms with van der Waals surface area (Å²) in [6, 6.07) is 29.5. The van der Waals surface area contributed by atoms with Crippen molar-refractivity contribution in [3.05, 3.63) is 123 Å². The van der Waals surface area contributed by atoms with Crippen LogP contribution in [0.3, 0.4) is 0 Å². The van der Waals surface area contributed by atoms with E-state index in [4.69, 9.17) is 5.73 Å². The zero-order valence-electron chi connectivity index (χ0n) is 15.9. The minimum absolute atomic E-state index is 0.0975. The van der Waals surface area contributed by atoms with E-state index >= 15 is 0 Å². The molecule has 0 saturated carbocycles. The Balaban J connectivity index is 2.19. The summed E-state index contributed by atoms with van der Waals surface area (Å²) in [5.41, 5.74) is 8.09. The van der Waals surface area contributed by atoms with Gasteiger partial charge < -0.3 is 5.73 Å². The van der Waals surface area contributed by atoms with Crippen LogP contribution in [0.1, 0.15) is 22.4 Å². The molecule has 0 spiro atoms. The fraction of sp³-hybridized carbons (Fsp3) is 0.0870. The molecule has 2 N–H and O–H groups in total. The Morgan fingerprint density at radius 1 is 0.828 bits per heavy atom. The normalized spacial score (nSPS) is 11.3. The van der Waals surface area contributed by atoms with E-state index in [9.17, 15) is 10.1 Å². The molecular formula is C23H20N4O2. The van der Waals surface area contributed by atoms with Crippen molar-refractivity contribution in [1.82, 2.24) is 9.78 Å². The van der Waals surface area contributed by atoms with E-state index in [2.05, 4.69) is 5.10 Å². The Bertz CT molecular complexity index is 1040. The van der Waals surface area contributed by atoms with Crippen LogP contribution in [-0.4, -0.2) is 14.7 Å². The molecule has 4 rings (SSSR count). The lowest BCUT2D eigenvalue weighted by Crippen LogP contribution is -2.39. The van der Waals surface area contributed by atoms with Gasteiger partial charge in [0.2, 0.25) is 5.82 Å². The Morgan fingerprint density at radius 2 is 1.21 bits per heavy atom. The molecule has 0 unspecified atom stereocenters. The molecule has 0 bridgehead atoms. The van der Waals surface area contributed by atoms with Crippen LogP contribution in [0.2, 0.25) is 0 Å². The number of nitrogen functional groups attached to an aromatic ring is 1. The molecule has 0 aliphatic rings. The zero-order valence-corrected chi connectivity index (χ0v) is 15.9. The van der Waals surface area contributed by atoms with E-state index in [-0.39, 0.29) is 11.5 Å². The molecule has 144 valence electrons. The largest absolute Gasteiger partial charge is 0.376 e. The van der Waals surface area contributed by atoms with E-state index in [1.54, 1.807) is 11.6 Å². The summed E-state index contributed by atoms with van der Waals surface area (Å²) in [6.07, 6.45) is 0. The predicted octanol–water partition coefficient (Wildman–Crippen LogP) is 4.52. The highest BCUT2D eigenvalue weighted by molar-refractivity contribution is 5.59. The summed E-state index contributed by atoms with van der Waals surface area (Å²) < 4.78 is 1.68. The fourth-order valence-electron chi connectivity index (χ4n) is 3.97. The molecule has 0 radical (unpaired) electrons. The molecule has 1 aromatic heterocycles. The molecule has 4 aromatic rings. The Labute approximate surface area is 168 Å². The Hall–Kier alpha value is -3.93. The first-order valence-corrected chi connectivity index (χ1v) is 9.23.